The number of alkyl halides is 1. The maximum Gasteiger partial charge on any atom is 0.223 e. The predicted molar refractivity (Wildman–Crippen MR) is 125 cm³/mol. The number of H-pyrrole nitrogens is 1. The summed E-state index contributed by atoms with van der Waals surface area (Å²) in [6, 6.07) is 6.08. The number of fused-ring (bicyclic) bond motifs is 3. The minimum Gasteiger partial charge on any atom is -0.356 e. The van der Waals surface area contributed by atoms with Crippen LogP contribution in [-0.2, 0) is 11.2 Å². The van der Waals surface area contributed by atoms with Gasteiger partial charge in [0.05, 0.1) is 6.04 Å². The fraction of sp³-hybridized carbons (Fsp3) is 0.640. The van der Waals surface area contributed by atoms with Crippen molar-refractivity contribution in [2.45, 2.75) is 71.0 Å². The van der Waals surface area contributed by atoms with Crippen LogP contribution in [-0.4, -0.2) is 52.5 Å². The Bertz CT molecular complexity index is 928. The summed E-state index contributed by atoms with van der Waals surface area (Å²) in [7, 11) is 0. The van der Waals surface area contributed by atoms with Gasteiger partial charge in [-0.2, -0.15) is 0 Å². The van der Waals surface area contributed by atoms with Gasteiger partial charge in [-0.15, -0.1) is 0 Å². The van der Waals surface area contributed by atoms with Gasteiger partial charge in [0.15, 0.2) is 0 Å². The molecule has 1 N–H and O–H groups in total. The molecule has 1 saturated heterocycles. The predicted octanol–water partition coefficient (Wildman–Crippen LogP) is 5.90. The Kier molecular flexibility index (Phi) is 6.64. The molecule has 3 heterocycles. The lowest BCUT2D eigenvalue weighted by atomic mass is 9.91. The smallest absolute Gasteiger partial charge is 0.223 e. The quantitative estimate of drug-likeness (QED) is 0.599. The highest BCUT2D eigenvalue weighted by Crippen LogP contribution is 2.39. The number of piperidine rings is 1. The summed E-state index contributed by atoms with van der Waals surface area (Å²) < 4.78 is 14.0. The molecule has 4 nitrogen and oxygen atoms in total. The Morgan fingerprint density at radius 2 is 2.03 bits per heavy atom. The second kappa shape index (κ2) is 9.11. The summed E-state index contributed by atoms with van der Waals surface area (Å²) in [6.07, 6.45) is 4.38. The van der Waals surface area contributed by atoms with E-state index in [1.165, 1.54) is 16.6 Å². The van der Waals surface area contributed by atoms with E-state index >= 15 is 0 Å². The SMILES string of the molecule is CC(C)CC1c2[nH]c3ccc(Cl)cc3c2CCN1C(=O)CCCN1CCC(C)(F)CC1. The Morgan fingerprint density at radius 1 is 1.29 bits per heavy atom. The van der Waals surface area contributed by atoms with Gasteiger partial charge in [-0.3, -0.25) is 4.79 Å². The number of benzene rings is 1. The molecule has 1 fully saturated rings. The Morgan fingerprint density at radius 3 is 2.74 bits per heavy atom. The average molecular weight is 448 g/mol. The third-order valence-electron chi connectivity index (χ3n) is 6.99. The summed E-state index contributed by atoms with van der Waals surface area (Å²) in [5.41, 5.74) is 2.58. The van der Waals surface area contributed by atoms with E-state index in [0.717, 1.165) is 56.0 Å². The summed E-state index contributed by atoms with van der Waals surface area (Å²) in [5, 5.41) is 1.94. The number of halogens is 2. The molecule has 2 aromatic rings. The van der Waals surface area contributed by atoms with Gasteiger partial charge in [-0.25, -0.2) is 4.39 Å². The Balaban J connectivity index is 1.44. The molecule has 0 saturated carbocycles. The Hall–Kier alpha value is -1.59. The molecule has 0 radical (unpaired) electrons. The highest BCUT2D eigenvalue weighted by molar-refractivity contribution is 6.31. The molecule has 0 bridgehead atoms. The molecule has 31 heavy (non-hydrogen) atoms. The first-order valence-electron chi connectivity index (χ1n) is 11.7. The molecule has 4 rings (SSSR count). The Labute approximate surface area is 190 Å². The number of amides is 1. The standard InChI is InChI=1S/C25H35ClFN3O/c1-17(2)15-22-24-19(20-16-18(26)6-7-21(20)28-24)8-12-30(22)23(31)5-4-11-29-13-9-25(3,27)10-14-29/h6-7,16-17,22,28H,4-5,8-15H2,1-3H3. The molecule has 1 amide bonds. The number of carbonyl (C=O) groups excluding carboxylic acids is 1. The van der Waals surface area contributed by atoms with E-state index in [1.54, 1.807) is 6.92 Å². The minimum atomic E-state index is -1.02. The summed E-state index contributed by atoms with van der Waals surface area (Å²) in [6.45, 7) is 9.35. The van der Waals surface area contributed by atoms with E-state index in [9.17, 15) is 9.18 Å². The number of hydrogen-bond donors (Lipinski definition) is 1. The summed E-state index contributed by atoms with van der Waals surface area (Å²) in [5.74, 6) is 0.727. The number of rotatable bonds is 6. The third kappa shape index (κ3) is 5.09. The van der Waals surface area contributed by atoms with Gasteiger partial charge in [0.25, 0.3) is 0 Å². The molecule has 2 aliphatic rings. The molecule has 170 valence electrons. The van der Waals surface area contributed by atoms with Gasteiger partial charge in [0.2, 0.25) is 5.91 Å². The van der Waals surface area contributed by atoms with Gasteiger partial charge < -0.3 is 14.8 Å². The molecule has 1 aromatic carbocycles. The number of hydrogen-bond acceptors (Lipinski definition) is 2. The van der Waals surface area contributed by atoms with Crippen LogP contribution in [0.25, 0.3) is 10.9 Å². The lowest BCUT2D eigenvalue weighted by Gasteiger charge is -2.37. The lowest BCUT2D eigenvalue weighted by molar-refractivity contribution is -0.134. The second-order valence-electron chi connectivity index (χ2n) is 10.0. The highest BCUT2D eigenvalue weighted by atomic mass is 35.5. The van der Waals surface area contributed by atoms with Crippen molar-refractivity contribution >= 4 is 28.4 Å². The van der Waals surface area contributed by atoms with Crippen LogP contribution in [0.1, 0.15) is 70.2 Å². The lowest BCUT2D eigenvalue weighted by Crippen LogP contribution is -2.42. The van der Waals surface area contributed by atoms with Crippen molar-refractivity contribution in [1.29, 1.82) is 0 Å². The maximum absolute atomic E-state index is 14.0. The van der Waals surface area contributed by atoms with Crippen LogP contribution in [0.15, 0.2) is 18.2 Å². The van der Waals surface area contributed by atoms with E-state index in [-0.39, 0.29) is 11.9 Å². The molecule has 1 unspecified atom stereocenters. The largest absolute Gasteiger partial charge is 0.356 e. The van der Waals surface area contributed by atoms with Crippen LogP contribution in [0.3, 0.4) is 0 Å². The zero-order valence-corrected chi connectivity index (χ0v) is 19.8. The number of likely N-dealkylation sites (tertiary alicyclic amines) is 1. The summed E-state index contributed by atoms with van der Waals surface area (Å²) >= 11 is 6.25. The van der Waals surface area contributed by atoms with Crippen molar-refractivity contribution in [3.8, 4) is 0 Å². The van der Waals surface area contributed by atoms with Gasteiger partial charge >= 0.3 is 0 Å². The first-order chi connectivity index (χ1) is 14.7. The molecule has 0 spiro atoms. The van der Waals surface area contributed by atoms with E-state index < -0.39 is 5.67 Å². The van der Waals surface area contributed by atoms with Crippen LogP contribution >= 0.6 is 11.6 Å². The normalized spacial score (nSPS) is 21.6. The van der Waals surface area contributed by atoms with E-state index in [2.05, 4.69) is 28.6 Å². The van der Waals surface area contributed by atoms with Gasteiger partial charge in [-0.1, -0.05) is 25.4 Å². The molecule has 1 atom stereocenters. The van der Waals surface area contributed by atoms with Crippen molar-refractivity contribution in [1.82, 2.24) is 14.8 Å². The minimum absolute atomic E-state index is 0.0876. The molecule has 1 aromatic heterocycles. The van der Waals surface area contributed by atoms with Crippen LogP contribution < -0.4 is 0 Å². The number of carbonyl (C=O) groups is 1. The summed E-state index contributed by atoms with van der Waals surface area (Å²) in [4.78, 5) is 21.2. The zero-order valence-electron chi connectivity index (χ0n) is 19.0. The van der Waals surface area contributed by atoms with Gasteiger partial charge in [-0.05, 0) is 75.3 Å². The third-order valence-corrected chi connectivity index (χ3v) is 7.23. The van der Waals surface area contributed by atoms with Gasteiger partial charge in [0, 0.05) is 47.7 Å². The van der Waals surface area contributed by atoms with Crippen molar-refractivity contribution in [3.05, 3.63) is 34.5 Å². The fourth-order valence-electron chi connectivity index (χ4n) is 5.17. The highest BCUT2D eigenvalue weighted by Gasteiger charge is 2.34. The van der Waals surface area contributed by atoms with Crippen LogP contribution in [0.4, 0.5) is 4.39 Å². The second-order valence-corrected chi connectivity index (χ2v) is 10.5. The fourth-order valence-corrected chi connectivity index (χ4v) is 5.34. The van der Waals surface area contributed by atoms with Crippen molar-refractivity contribution in [2.75, 3.05) is 26.2 Å². The zero-order chi connectivity index (χ0) is 22.2. The van der Waals surface area contributed by atoms with E-state index in [4.69, 9.17) is 11.6 Å². The first kappa shape index (κ1) is 22.6. The topological polar surface area (TPSA) is 39.3 Å². The monoisotopic (exact) mass is 447 g/mol. The van der Waals surface area contributed by atoms with Gasteiger partial charge in [0.1, 0.15) is 5.67 Å². The number of aromatic amines is 1. The number of aromatic nitrogens is 1. The molecular weight excluding hydrogens is 413 g/mol. The molecule has 2 aliphatic heterocycles. The number of nitrogens with one attached hydrogen (secondary N) is 1. The maximum atomic E-state index is 14.0. The van der Waals surface area contributed by atoms with Crippen LogP contribution in [0, 0.1) is 5.92 Å². The first-order valence-corrected chi connectivity index (χ1v) is 12.1. The molecule has 0 aliphatic carbocycles. The van der Waals surface area contributed by atoms with E-state index in [0.29, 0.717) is 25.2 Å². The molecular formula is C25H35ClFN3O. The van der Waals surface area contributed by atoms with Crippen LogP contribution in [0.5, 0.6) is 0 Å². The van der Waals surface area contributed by atoms with Crippen molar-refractivity contribution in [2.24, 2.45) is 5.92 Å². The molecule has 6 heteroatoms. The van der Waals surface area contributed by atoms with Crippen molar-refractivity contribution in [3.63, 3.8) is 0 Å². The van der Waals surface area contributed by atoms with Crippen molar-refractivity contribution < 1.29 is 9.18 Å². The van der Waals surface area contributed by atoms with Crippen LogP contribution in [0.2, 0.25) is 5.02 Å². The number of nitrogens with zero attached hydrogens (tertiary/aromatic N) is 2. The average Bonchev–Trinajstić information content (AvgIpc) is 3.07. The van der Waals surface area contributed by atoms with E-state index in [1.807, 2.05) is 18.2 Å².